The van der Waals surface area contributed by atoms with E-state index in [0.717, 1.165) is 22.3 Å². The molecule has 0 fully saturated rings. The third kappa shape index (κ3) is 2.20. The Balaban J connectivity index is 2.69. The molecule has 1 heterocycles. The van der Waals surface area contributed by atoms with E-state index >= 15 is 0 Å². The molecular formula is C13H15N3O. The summed E-state index contributed by atoms with van der Waals surface area (Å²) in [6.45, 7) is 4.44. The van der Waals surface area contributed by atoms with Crippen molar-refractivity contribution in [3.8, 4) is 5.75 Å². The molecule has 0 bridgehead atoms. The van der Waals surface area contributed by atoms with E-state index < -0.39 is 0 Å². The minimum atomic E-state index is 0.0501. The Hall–Kier alpha value is -2.10. The molecule has 0 aliphatic carbocycles. The summed E-state index contributed by atoms with van der Waals surface area (Å²) in [5.74, 6) is 0.822. The molecule has 0 aliphatic heterocycles. The van der Waals surface area contributed by atoms with E-state index in [4.69, 9.17) is 15.9 Å². The Morgan fingerprint density at radius 1 is 1.41 bits per heavy atom. The third-order valence-corrected chi connectivity index (χ3v) is 2.51. The highest BCUT2D eigenvalue weighted by molar-refractivity contribution is 6.07. The molecule has 0 saturated heterocycles. The molecule has 1 aromatic heterocycles. The molecule has 0 amide bonds. The minimum Gasteiger partial charge on any atom is -0.494 e. The van der Waals surface area contributed by atoms with Gasteiger partial charge in [0.05, 0.1) is 12.1 Å². The lowest BCUT2D eigenvalue weighted by Crippen LogP contribution is -2.12. The van der Waals surface area contributed by atoms with Gasteiger partial charge in [-0.2, -0.15) is 0 Å². The first kappa shape index (κ1) is 11.4. The van der Waals surface area contributed by atoms with Crippen LogP contribution in [0, 0.1) is 12.3 Å². The van der Waals surface area contributed by atoms with Gasteiger partial charge in [-0.25, -0.2) is 0 Å². The van der Waals surface area contributed by atoms with Gasteiger partial charge in [-0.1, -0.05) is 0 Å². The number of nitrogens with two attached hydrogens (primary N) is 1. The summed E-state index contributed by atoms with van der Waals surface area (Å²) < 4.78 is 5.44. The zero-order valence-corrected chi connectivity index (χ0v) is 9.95. The maximum absolute atomic E-state index is 7.60. The predicted octanol–water partition coefficient (Wildman–Crippen LogP) is 2.23. The average Bonchev–Trinajstić information content (AvgIpc) is 2.28. The molecule has 0 saturated carbocycles. The van der Waals surface area contributed by atoms with Gasteiger partial charge in [-0.05, 0) is 38.1 Å². The number of amidine groups is 1. The van der Waals surface area contributed by atoms with Crippen LogP contribution in [-0.4, -0.2) is 17.4 Å². The highest BCUT2D eigenvalue weighted by atomic mass is 16.5. The lowest BCUT2D eigenvalue weighted by Gasteiger charge is -2.09. The summed E-state index contributed by atoms with van der Waals surface area (Å²) in [7, 11) is 0. The average molecular weight is 229 g/mol. The normalized spacial score (nSPS) is 10.5. The Morgan fingerprint density at radius 2 is 2.18 bits per heavy atom. The number of nitrogens with one attached hydrogen (secondary N) is 1. The van der Waals surface area contributed by atoms with Crippen molar-refractivity contribution in [1.29, 1.82) is 5.41 Å². The fourth-order valence-corrected chi connectivity index (χ4v) is 1.82. The van der Waals surface area contributed by atoms with Crippen LogP contribution in [0.1, 0.15) is 18.2 Å². The van der Waals surface area contributed by atoms with Crippen LogP contribution >= 0.6 is 0 Å². The van der Waals surface area contributed by atoms with Gasteiger partial charge in [0.25, 0.3) is 0 Å². The number of hydrogen-bond acceptors (Lipinski definition) is 3. The van der Waals surface area contributed by atoms with Gasteiger partial charge < -0.3 is 10.5 Å². The largest absolute Gasteiger partial charge is 0.494 e. The molecule has 4 heteroatoms. The lowest BCUT2D eigenvalue weighted by atomic mass is 10.1. The second kappa shape index (κ2) is 4.41. The Morgan fingerprint density at radius 3 is 2.82 bits per heavy atom. The lowest BCUT2D eigenvalue weighted by molar-refractivity contribution is 0.340. The van der Waals surface area contributed by atoms with Crippen LogP contribution in [0.15, 0.2) is 24.3 Å². The Kier molecular flexibility index (Phi) is 2.95. The van der Waals surface area contributed by atoms with E-state index in [1.165, 1.54) is 0 Å². The zero-order chi connectivity index (χ0) is 12.4. The molecular weight excluding hydrogens is 214 g/mol. The monoisotopic (exact) mass is 229 g/mol. The summed E-state index contributed by atoms with van der Waals surface area (Å²) in [6.07, 6.45) is 0. The Bertz CT molecular complexity index is 578. The number of pyridine rings is 1. The highest BCUT2D eigenvalue weighted by Gasteiger charge is 2.07. The van der Waals surface area contributed by atoms with Gasteiger partial charge in [-0.15, -0.1) is 0 Å². The second-order valence-corrected chi connectivity index (χ2v) is 3.84. The number of hydrogen-bond donors (Lipinski definition) is 2. The fourth-order valence-electron chi connectivity index (χ4n) is 1.82. The first-order valence-corrected chi connectivity index (χ1v) is 5.50. The number of aryl methyl sites for hydroxylation is 1. The molecule has 1 aromatic carbocycles. The maximum atomic E-state index is 7.60. The predicted molar refractivity (Wildman–Crippen MR) is 68.7 cm³/mol. The Labute approximate surface area is 99.9 Å². The summed E-state index contributed by atoms with van der Waals surface area (Å²) in [4.78, 5) is 4.41. The van der Waals surface area contributed by atoms with Crippen molar-refractivity contribution in [2.24, 2.45) is 5.73 Å². The quantitative estimate of drug-likeness (QED) is 0.626. The molecule has 0 spiro atoms. The molecule has 3 N–H and O–H groups in total. The van der Waals surface area contributed by atoms with Crippen molar-refractivity contribution in [2.75, 3.05) is 6.61 Å². The van der Waals surface area contributed by atoms with Crippen LogP contribution in [0.4, 0.5) is 0 Å². The molecule has 0 aliphatic rings. The van der Waals surface area contributed by atoms with Gasteiger partial charge in [0.15, 0.2) is 0 Å². The molecule has 0 atom stereocenters. The van der Waals surface area contributed by atoms with Crippen molar-refractivity contribution in [1.82, 2.24) is 4.98 Å². The van der Waals surface area contributed by atoms with Gasteiger partial charge in [0, 0.05) is 16.6 Å². The van der Waals surface area contributed by atoms with E-state index in [2.05, 4.69) is 4.98 Å². The van der Waals surface area contributed by atoms with E-state index in [1.807, 2.05) is 38.1 Å². The number of benzene rings is 1. The van der Waals surface area contributed by atoms with Crippen LogP contribution in [0.3, 0.4) is 0 Å². The molecule has 4 nitrogen and oxygen atoms in total. The van der Waals surface area contributed by atoms with E-state index in [9.17, 15) is 0 Å². The van der Waals surface area contributed by atoms with Crippen molar-refractivity contribution < 1.29 is 4.74 Å². The van der Waals surface area contributed by atoms with E-state index in [0.29, 0.717) is 12.2 Å². The van der Waals surface area contributed by atoms with Crippen LogP contribution in [-0.2, 0) is 0 Å². The topological polar surface area (TPSA) is 72.0 Å². The van der Waals surface area contributed by atoms with Crippen molar-refractivity contribution in [3.63, 3.8) is 0 Å². The SMILES string of the molecule is CCOc1ccc2nc(C)cc(C(=N)N)c2c1. The van der Waals surface area contributed by atoms with E-state index in [1.54, 1.807) is 0 Å². The molecule has 2 aromatic rings. The summed E-state index contributed by atoms with van der Waals surface area (Å²) in [6, 6.07) is 7.46. The van der Waals surface area contributed by atoms with Gasteiger partial charge in [-0.3, -0.25) is 10.4 Å². The summed E-state index contributed by atoms with van der Waals surface area (Å²) in [5, 5.41) is 8.45. The van der Waals surface area contributed by atoms with Crippen molar-refractivity contribution in [3.05, 3.63) is 35.5 Å². The first-order valence-electron chi connectivity index (χ1n) is 5.50. The number of ether oxygens (including phenoxy) is 1. The van der Waals surface area contributed by atoms with Crippen molar-refractivity contribution >= 4 is 16.7 Å². The summed E-state index contributed by atoms with van der Waals surface area (Å²) in [5.41, 5.74) is 7.98. The third-order valence-electron chi connectivity index (χ3n) is 2.51. The van der Waals surface area contributed by atoms with Gasteiger partial charge in [0.1, 0.15) is 11.6 Å². The molecule has 17 heavy (non-hydrogen) atoms. The fraction of sp³-hybridized carbons (Fsp3) is 0.231. The number of fused-ring (bicyclic) bond motifs is 1. The second-order valence-electron chi connectivity index (χ2n) is 3.84. The molecule has 0 radical (unpaired) electrons. The van der Waals surface area contributed by atoms with E-state index in [-0.39, 0.29) is 5.84 Å². The van der Waals surface area contributed by atoms with Crippen LogP contribution < -0.4 is 10.5 Å². The van der Waals surface area contributed by atoms with Gasteiger partial charge in [0.2, 0.25) is 0 Å². The first-order chi connectivity index (χ1) is 8.11. The minimum absolute atomic E-state index is 0.0501. The summed E-state index contributed by atoms with van der Waals surface area (Å²) >= 11 is 0. The van der Waals surface area contributed by atoms with Crippen LogP contribution in [0.2, 0.25) is 0 Å². The maximum Gasteiger partial charge on any atom is 0.123 e. The number of nitrogens with zero attached hydrogens (tertiary/aromatic N) is 1. The number of rotatable bonds is 3. The molecule has 88 valence electrons. The zero-order valence-electron chi connectivity index (χ0n) is 9.95. The molecule has 0 unspecified atom stereocenters. The highest BCUT2D eigenvalue weighted by Crippen LogP contribution is 2.23. The number of nitrogen functional groups attached to an aromatic ring is 1. The van der Waals surface area contributed by atoms with Crippen LogP contribution in [0.25, 0.3) is 10.9 Å². The number of aromatic nitrogens is 1. The smallest absolute Gasteiger partial charge is 0.123 e. The standard InChI is InChI=1S/C13H15N3O/c1-3-17-9-4-5-12-10(7-9)11(13(14)15)6-8(2)16-12/h4-7H,3H2,1-2H3,(H3,14,15). The van der Waals surface area contributed by atoms with Gasteiger partial charge >= 0.3 is 0 Å². The van der Waals surface area contributed by atoms with Crippen molar-refractivity contribution in [2.45, 2.75) is 13.8 Å². The van der Waals surface area contributed by atoms with Crippen LogP contribution in [0.5, 0.6) is 5.75 Å². The molecule has 2 rings (SSSR count).